The number of carbonyl (C=O) groups excluding carboxylic acids is 1. The lowest BCUT2D eigenvalue weighted by atomic mass is 10.3. The molecule has 0 saturated heterocycles. The SMILES string of the molecule is CCN(C)C(=O)/C=C/C(C)=N. The Hall–Kier alpha value is -1.12. The van der Waals surface area contributed by atoms with E-state index < -0.39 is 0 Å². The van der Waals surface area contributed by atoms with Gasteiger partial charge in [0.1, 0.15) is 0 Å². The summed E-state index contributed by atoms with van der Waals surface area (Å²) in [6.45, 7) is 4.24. The predicted molar refractivity (Wildman–Crippen MR) is 45.9 cm³/mol. The molecule has 0 heterocycles. The van der Waals surface area contributed by atoms with Crippen LogP contribution in [0.15, 0.2) is 12.2 Å². The molecule has 62 valence electrons. The zero-order chi connectivity index (χ0) is 8.85. The number of hydrogen-bond acceptors (Lipinski definition) is 2. The average molecular weight is 154 g/mol. The molecular formula is C8H14N2O. The molecule has 0 fully saturated rings. The van der Waals surface area contributed by atoms with Crippen LogP contribution in [-0.2, 0) is 4.79 Å². The van der Waals surface area contributed by atoms with Gasteiger partial charge in [-0.05, 0) is 19.9 Å². The van der Waals surface area contributed by atoms with Crippen molar-refractivity contribution in [1.29, 1.82) is 5.41 Å². The molecule has 3 heteroatoms. The second-order valence-electron chi connectivity index (χ2n) is 2.37. The van der Waals surface area contributed by atoms with Crippen LogP contribution in [0.1, 0.15) is 13.8 Å². The summed E-state index contributed by atoms with van der Waals surface area (Å²) < 4.78 is 0. The van der Waals surface area contributed by atoms with Crippen molar-refractivity contribution in [3.8, 4) is 0 Å². The zero-order valence-corrected chi connectivity index (χ0v) is 7.22. The van der Waals surface area contributed by atoms with E-state index in [0.29, 0.717) is 12.3 Å². The average Bonchev–Trinajstić information content (AvgIpc) is 1.98. The highest BCUT2D eigenvalue weighted by Gasteiger charge is 1.99. The maximum atomic E-state index is 11.0. The fourth-order valence-electron chi connectivity index (χ4n) is 0.479. The Bertz CT molecular complexity index is 185. The van der Waals surface area contributed by atoms with E-state index in [0.717, 1.165) is 0 Å². The quantitative estimate of drug-likeness (QED) is 0.479. The number of likely N-dealkylation sites (N-methyl/N-ethyl adjacent to an activating group) is 1. The molecule has 0 aliphatic heterocycles. The summed E-state index contributed by atoms with van der Waals surface area (Å²) >= 11 is 0. The molecule has 0 aromatic heterocycles. The fourth-order valence-corrected chi connectivity index (χ4v) is 0.479. The molecule has 0 atom stereocenters. The van der Waals surface area contributed by atoms with Crippen LogP contribution in [0.25, 0.3) is 0 Å². The van der Waals surface area contributed by atoms with Gasteiger partial charge in [-0.2, -0.15) is 0 Å². The fraction of sp³-hybridized carbons (Fsp3) is 0.500. The summed E-state index contributed by atoms with van der Waals surface area (Å²) in [6.07, 6.45) is 2.90. The normalized spacial score (nSPS) is 10.1. The monoisotopic (exact) mass is 154 g/mol. The van der Waals surface area contributed by atoms with E-state index in [1.807, 2.05) is 6.92 Å². The second kappa shape index (κ2) is 4.66. The van der Waals surface area contributed by atoms with Gasteiger partial charge in [0, 0.05) is 25.4 Å². The first-order valence-electron chi connectivity index (χ1n) is 3.56. The number of hydrogen-bond donors (Lipinski definition) is 1. The summed E-state index contributed by atoms with van der Waals surface area (Å²) in [5.74, 6) is -0.0564. The van der Waals surface area contributed by atoms with Crippen LogP contribution in [0.4, 0.5) is 0 Å². The van der Waals surface area contributed by atoms with Crippen molar-refractivity contribution < 1.29 is 4.79 Å². The molecule has 0 rings (SSSR count). The smallest absolute Gasteiger partial charge is 0.246 e. The summed E-state index contributed by atoms with van der Waals surface area (Å²) in [6, 6.07) is 0. The third kappa shape index (κ3) is 4.31. The van der Waals surface area contributed by atoms with Crippen molar-refractivity contribution in [2.75, 3.05) is 13.6 Å². The van der Waals surface area contributed by atoms with E-state index in [2.05, 4.69) is 0 Å². The highest BCUT2D eigenvalue weighted by atomic mass is 16.2. The van der Waals surface area contributed by atoms with E-state index >= 15 is 0 Å². The van der Waals surface area contributed by atoms with E-state index in [-0.39, 0.29) is 5.91 Å². The maximum absolute atomic E-state index is 11.0. The van der Waals surface area contributed by atoms with Crippen molar-refractivity contribution in [2.24, 2.45) is 0 Å². The van der Waals surface area contributed by atoms with Crippen LogP contribution in [-0.4, -0.2) is 30.1 Å². The number of nitrogens with zero attached hydrogens (tertiary/aromatic N) is 1. The van der Waals surface area contributed by atoms with E-state index in [4.69, 9.17) is 5.41 Å². The van der Waals surface area contributed by atoms with Crippen molar-refractivity contribution in [2.45, 2.75) is 13.8 Å². The van der Waals surface area contributed by atoms with Gasteiger partial charge >= 0.3 is 0 Å². The standard InChI is InChI=1S/C8H14N2O/c1-4-10(3)8(11)6-5-7(2)9/h5-6,9H,4H2,1-3H3/b6-5+,9-7?. The predicted octanol–water partition coefficient (Wildman–Crippen LogP) is 1.06. The third-order valence-corrected chi connectivity index (χ3v) is 1.33. The van der Waals surface area contributed by atoms with Gasteiger partial charge in [0.05, 0.1) is 0 Å². The van der Waals surface area contributed by atoms with Crippen LogP contribution in [0.2, 0.25) is 0 Å². The van der Waals surface area contributed by atoms with E-state index in [1.54, 1.807) is 18.9 Å². The molecule has 0 aliphatic rings. The Morgan fingerprint density at radius 2 is 2.09 bits per heavy atom. The number of carbonyl (C=O) groups is 1. The van der Waals surface area contributed by atoms with Crippen LogP contribution >= 0.6 is 0 Å². The molecule has 0 radical (unpaired) electrons. The molecule has 1 amide bonds. The Morgan fingerprint density at radius 1 is 1.55 bits per heavy atom. The molecular weight excluding hydrogens is 140 g/mol. The molecule has 0 spiro atoms. The van der Waals surface area contributed by atoms with E-state index in [1.165, 1.54) is 12.2 Å². The molecule has 0 aromatic rings. The molecule has 1 N–H and O–H groups in total. The number of rotatable bonds is 3. The number of nitrogens with one attached hydrogen (secondary N) is 1. The summed E-state index contributed by atoms with van der Waals surface area (Å²) in [4.78, 5) is 12.6. The first-order valence-corrected chi connectivity index (χ1v) is 3.56. The summed E-state index contributed by atoms with van der Waals surface area (Å²) in [5.41, 5.74) is 0.392. The number of amides is 1. The van der Waals surface area contributed by atoms with Gasteiger partial charge in [-0.3, -0.25) is 4.79 Å². The third-order valence-electron chi connectivity index (χ3n) is 1.33. The largest absolute Gasteiger partial charge is 0.343 e. The van der Waals surface area contributed by atoms with E-state index in [9.17, 15) is 4.79 Å². The van der Waals surface area contributed by atoms with Crippen LogP contribution in [0.3, 0.4) is 0 Å². The molecule has 0 aromatic carbocycles. The second-order valence-corrected chi connectivity index (χ2v) is 2.37. The van der Waals surface area contributed by atoms with Gasteiger partial charge in [0.25, 0.3) is 0 Å². The zero-order valence-electron chi connectivity index (χ0n) is 7.22. The first-order chi connectivity index (χ1) is 5.07. The van der Waals surface area contributed by atoms with Crippen molar-refractivity contribution >= 4 is 11.6 Å². The van der Waals surface area contributed by atoms with Gasteiger partial charge in [-0.1, -0.05) is 0 Å². The number of allylic oxidation sites excluding steroid dienone is 1. The minimum absolute atomic E-state index is 0.0564. The Labute approximate surface area is 67.2 Å². The van der Waals surface area contributed by atoms with Gasteiger partial charge in [0.2, 0.25) is 5.91 Å². The van der Waals surface area contributed by atoms with Gasteiger partial charge in [-0.25, -0.2) is 0 Å². The van der Waals surface area contributed by atoms with Gasteiger partial charge in [-0.15, -0.1) is 0 Å². The lowest BCUT2D eigenvalue weighted by Gasteiger charge is -2.10. The van der Waals surface area contributed by atoms with Crippen molar-refractivity contribution in [3.05, 3.63) is 12.2 Å². The Kier molecular flexibility index (Phi) is 4.18. The van der Waals surface area contributed by atoms with Gasteiger partial charge < -0.3 is 10.3 Å². The maximum Gasteiger partial charge on any atom is 0.246 e. The molecule has 0 bridgehead atoms. The van der Waals surface area contributed by atoms with Crippen LogP contribution in [0, 0.1) is 5.41 Å². The highest BCUT2D eigenvalue weighted by molar-refractivity contribution is 5.97. The van der Waals surface area contributed by atoms with Crippen molar-refractivity contribution in [3.63, 3.8) is 0 Å². The first kappa shape index (κ1) is 9.88. The molecule has 11 heavy (non-hydrogen) atoms. The lowest BCUT2D eigenvalue weighted by Crippen LogP contribution is -2.24. The molecule has 3 nitrogen and oxygen atoms in total. The minimum atomic E-state index is -0.0564. The Morgan fingerprint density at radius 3 is 2.45 bits per heavy atom. The topological polar surface area (TPSA) is 44.2 Å². The van der Waals surface area contributed by atoms with Crippen LogP contribution in [0.5, 0.6) is 0 Å². The molecule has 0 aliphatic carbocycles. The highest BCUT2D eigenvalue weighted by Crippen LogP contribution is 1.86. The van der Waals surface area contributed by atoms with Gasteiger partial charge in [0.15, 0.2) is 0 Å². The summed E-state index contributed by atoms with van der Waals surface area (Å²) in [5, 5.41) is 7.03. The minimum Gasteiger partial charge on any atom is -0.343 e. The van der Waals surface area contributed by atoms with Crippen LogP contribution < -0.4 is 0 Å². The molecule has 0 saturated carbocycles. The lowest BCUT2D eigenvalue weighted by molar-refractivity contribution is -0.124. The summed E-state index contributed by atoms with van der Waals surface area (Å²) in [7, 11) is 1.73. The Balaban J connectivity index is 3.96. The van der Waals surface area contributed by atoms with Crippen molar-refractivity contribution in [1.82, 2.24) is 4.90 Å². The molecule has 0 unspecified atom stereocenters.